The van der Waals surface area contributed by atoms with Gasteiger partial charge in [0.05, 0.1) is 19.3 Å². The van der Waals surface area contributed by atoms with Crippen molar-refractivity contribution in [3.05, 3.63) is 41.2 Å². The summed E-state index contributed by atoms with van der Waals surface area (Å²) in [6.07, 6.45) is 4.80. The highest BCUT2D eigenvalue weighted by molar-refractivity contribution is 7.56. The first kappa shape index (κ1) is 23.7. The number of aliphatic hydroxyl groups is 1. The fourth-order valence-corrected chi connectivity index (χ4v) is 4.23. The van der Waals surface area contributed by atoms with Crippen LogP contribution in [0, 0.1) is 11.7 Å². The second kappa shape index (κ2) is 11.0. The largest absolute Gasteiger partial charge is 0.392 e. The molecular weight excluding hydrogens is 396 g/mol. The predicted molar refractivity (Wildman–Crippen MR) is 112 cm³/mol. The molecule has 2 atom stereocenters. The van der Waals surface area contributed by atoms with E-state index >= 15 is 0 Å². The molecule has 0 bridgehead atoms. The quantitative estimate of drug-likeness (QED) is 0.301. The summed E-state index contributed by atoms with van der Waals surface area (Å²) in [6.45, 7) is 3.76. The van der Waals surface area contributed by atoms with Gasteiger partial charge in [0, 0.05) is 24.0 Å². The molecule has 1 aromatic carbocycles. The lowest BCUT2D eigenvalue weighted by Gasteiger charge is -2.20. The molecule has 0 aliphatic heterocycles. The number of carbonyl (C=O) groups is 1. The Morgan fingerprint density at radius 2 is 2.21 bits per heavy atom. The number of nitrogens with one attached hydrogen (secondary N) is 2. The zero-order valence-corrected chi connectivity index (χ0v) is 17.9. The highest BCUT2D eigenvalue weighted by Gasteiger charge is 2.28. The lowest BCUT2D eigenvalue weighted by Crippen LogP contribution is -2.32. The van der Waals surface area contributed by atoms with E-state index < -0.39 is 25.3 Å². The first-order chi connectivity index (χ1) is 13.7. The fraction of sp³-hybridized carbons (Fsp3) is 0.550. The van der Waals surface area contributed by atoms with Crippen molar-refractivity contribution in [2.24, 2.45) is 11.7 Å². The number of hydrogen-bond acceptors (Lipinski definition) is 5. The molecule has 2 rings (SSSR count). The first-order valence-electron chi connectivity index (χ1n) is 9.82. The van der Waals surface area contributed by atoms with Crippen LogP contribution in [0.1, 0.15) is 38.7 Å². The molecule has 0 radical (unpaired) electrons. The van der Waals surface area contributed by atoms with Gasteiger partial charge < -0.3 is 20.7 Å². The van der Waals surface area contributed by atoms with Gasteiger partial charge in [-0.15, -0.1) is 0 Å². The van der Waals surface area contributed by atoms with Gasteiger partial charge in [-0.05, 0) is 51.2 Å². The monoisotopic (exact) mass is 427 g/mol. The van der Waals surface area contributed by atoms with E-state index in [0.717, 1.165) is 18.4 Å². The number of nitrogens with two attached hydrogens (primary N) is 1. The highest BCUT2D eigenvalue weighted by atomic mass is 31.2. The number of rotatable bonds is 12. The van der Waals surface area contributed by atoms with Gasteiger partial charge in [0.1, 0.15) is 5.82 Å². The van der Waals surface area contributed by atoms with E-state index in [0.29, 0.717) is 24.6 Å². The minimum Gasteiger partial charge on any atom is -0.392 e. The molecule has 9 heteroatoms. The molecule has 1 aliphatic rings. The van der Waals surface area contributed by atoms with Crippen molar-refractivity contribution in [1.82, 2.24) is 5.09 Å². The van der Waals surface area contributed by atoms with Crippen LogP contribution in [-0.2, 0) is 20.5 Å². The van der Waals surface area contributed by atoms with E-state index in [1.807, 2.05) is 6.08 Å². The van der Waals surface area contributed by atoms with Gasteiger partial charge in [0.2, 0.25) is 5.91 Å². The zero-order valence-electron chi connectivity index (χ0n) is 17.0. The Hall–Kier alpha value is -1.57. The van der Waals surface area contributed by atoms with Crippen LogP contribution in [0.15, 0.2) is 29.8 Å². The molecular formula is C20H31FN3O4P. The third-order valence-electron chi connectivity index (χ3n) is 4.65. The van der Waals surface area contributed by atoms with E-state index in [-0.39, 0.29) is 24.9 Å². The molecule has 5 N–H and O–H groups in total. The molecule has 1 aliphatic carbocycles. The minimum absolute atomic E-state index is 0.0440. The lowest BCUT2D eigenvalue weighted by molar-refractivity contribution is -0.117. The first-order valence-corrected chi connectivity index (χ1v) is 11.6. The summed E-state index contributed by atoms with van der Waals surface area (Å²) in [5.74, 6) is -0.447. The smallest absolute Gasteiger partial charge is 0.270 e. The number of amides is 1. The van der Waals surface area contributed by atoms with Gasteiger partial charge >= 0.3 is 0 Å². The molecule has 0 aromatic heterocycles. The topological polar surface area (TPSA) is 114 Å². The summed E-state index contributed by atoms with van der Waals surface area (Å²) in [5, 5.41) is 14.6. The summed E-state index contributed by atoms with van der Waals surface area (Å²) < 4.78 is 33.2. The Kier molecular flexibility index (Phi) is 8.99. The standard InChI is InChI=1S/C20H31FN3O4P/c1-14(12-25)4-3-9-29(27,23-11-16-5-6-16)28-13-17-7-8-18(10-19(17)21)24-20(26)15(2)22/h4,7-8,10,15-16,25H,3,5-6,9,11-13,22H2,1-2H3,(H,23,27)(H,24,26)/b14-4+/t15-,29?/m0/s1. The molecule has 1 amide bonds. The lowest BCUT2D eigenvalue weighted by atomic mass is 10.2. The summed E-state index contributed by atoms with van der Waals surface area (Å²) in [5.41, 5.74) is 6.84. The van der Waals surface area contributed by atoms with E-state index in [4.69, 9.17) is 15.4 Å². The van der Waals surface area contributed by atoms with Crippen LogP contribution in [0.4, 0.5) is 10.1 Å². The molecule has 162 valence electrons. The van der Waals surface area contributed by atoms with Crippen LogP contribution in [0.3, 0.4) is 0 Å². The molecule has 0 heterocycles. The van der Waals surface area contributed by atoms with Gasteiger partial charge in [-0.1, -0.05) is 17.7 Å². The van der Waals surface area contributed by atoms with Crippen LogP contribution in [0.2, 0.25) is 0 Å². The Balaban J connectivity index is 1.99. The van der Waals surface area contributed by atoms with E-state index in [1.54, 1.807) is 13.0 Å². The third-order valence-corrected chi connectivity index (χ3v) is 6.70. The predicted octanol–water partition coefficient (Wildman–Crippen LogP) is 3.15. The Labute approximate surface area is 171 Å². The number of halogens is 1. The van der Waals surface area contributed by atoms with Crippen LogP contribution in [-0.4, -0.2) is 36.4 Å². The molecule has 1 unspecified atom stereocenters. The van der Waals surface area contributed by atoms with Gasteiger partial charge in [0.25, 0.3) is 7.52 Å². The Morgan fingerprint density at radius 3 is 2.79 bits per heavy atom. The summed E-state index contributed by atoms with van der Waals surface area (Å²) >= 11 is 0. The molecule has 0 saturated heterocycles. The second-order valence-corrected chi connectivity index (χ2v) is 9.93. The van der Waals surface area contributed by atoms with Crippen molar-refractivity contribution in [2.45, 2.75) is 45.8 Å². The van der Waals surface area contributed by atoms with E-state index in [1.165, 1.54) is 19.1 Å². The maximum Gasteiger partial charge on any atom is 0.270 e. The number of benzene rings is 1. The Bertz CT molecular complexity index is 781. The highest BCUT2D eigenvalue weighted by Crippen LogP contribution is 2.45. The molecule has 1 fully saturated rings. The zero-order chi connectivity index (χ0) is 21.4. The number of anilines is 1. The van der Waals surface area contributed by atoms with Crippen molar-refractivity contribution in [3.63, 3.8) is 0 Å². The average molecular weight is 427 g/mol. The second-order valence-electron chi connectivity index (χ2n) is 7.56. The van der Waals surface area contributed by atoms with Gasteiger partial charge in [-0.3, -0.25) is 9.36 Å². The summed E-state index contributed by atoms with van der Waals surface area (Å²) in [7, 11) is -3.16. The van der Waals surface area contributed by atoms with Crippen molar-refractivity contribution in [1.29, 1.82) is 0 Å². The average Bonchev–Trinajstić information content (AvgIpc) is 3.50. The SMILES string of the molecule is C/C(=C\CCP(=O)(NCC1CC1)OCc1ccc(NC(=O)[C@H](C)N)cc1F)CO. The van der Waals surface area contributed by atoms with Crippen molar-refractivity contribution < 1.29 is 23.4 Å². The van der Waals surface area contributed by atoms with Crippen LogP contribution >= 0.6 is 7.52 Å². The molecule has 1 aromatic rings. The van der Waals surface area contributed by atoms with E-state index in [9.17, 15) is 13.8 Å². The maximum atomic E-state index is 14.4. The molecule has 0 spiro atoms. The number of allylic oxidation sites excluding steroid dienone is 1. The van der Waals surface area contributed by atoms with Crippen molar-refractivity contribution >= 4 is 19.1 Å². The number of aliphatic hydroxyl groups excluding tert-OH is 1. The fourth-order valence-electron chi connectivity index (χ4n) is 2.50. The normalized spacial score (nSPS) is 17.6. The van der Waals surface area contributed by atoms with Crippen LogP contribution in [0.5, 0.6) is 0 Å². The number of hydrogen-bond donors (Lipinski definition) is 4. The van der Waals surface area contributed by atoms with Crippen LogP contribution in [0.25, 0.3) is 0 Å². The summed E-state index contributed by atoms with van der Waals surface area (Å²) in [4.78, 5) is 11.6. The Morgan fingerprint density at radius 1 is 1.48 bits per heavy atom. The minimum atomic E-state index is -3.16. The van der Waals surface area contributed by atoms with Gasteiger partial charge in [-0.25, -0.2) is 9.48 Å². The number of carbonyl (C=O) groups excluding carboxylic acids is 1. The van der Waals surface area contributed by atoms with Gasteiger partial charge in [0.15, 0.2) is 0 Å². The van der Waals surface area contributed by atoms with Crippen molar-refractivity contribution in [3.8, 4) is 0 Å². The summed E-state index contributed by atoms with van der Waals surface area (Å²) in [6, 6.07) is 3.54. The van der Waals surface area contributed by atoms with Crippen molar-refractivity contribution in [2.75, 3.05) is 24.6 Å². The third kappa shape index (κ3) is 8.36. The molecule has 7 nitrogen and oxygen atoms in total. The molecule has 29 heavy (non-hydrogen) atoms. The maximum absolute atomic E-state index is 14.4. The van der Waals surface area contributed by atoms with Gasteiger partial charge in [-0.2, -0.15) is 0 Å². The van der Waals surface area contributed by atoms with E-state index in [2.05, 4.69) is 10.4 Å². The van der Waals surface area contributed by atoms with Crippen LogP contribution < -0.4 is 16.1 Å². The molecule has 1 saturated carbocycles.